The molecule has 0 saturated carbocycles. The fourth-order valence-corrected chi connectivity index (χ4v) is 4.41. The normalized spacial score (nSPS) is 18.2. The maximum Gasteiger partial charge on any atom is 0.261 e. The van der Waals surface area contributed by atoms with Gasteiger partial charge >= 0.3 is 0 Å². The van der Waals surface area contributed by atoms with Gasteiger partial charge in [-0.05, 0) is 49.2 Å². The van der Waals surface area contributed by atoms with Gasteiger partial charge in [-0.2, -0.15) is 0 Å². The molecular weight excluding hydrogens is 470 g/mol. The van der Waals surface area contributed by atoms with E-state index in [0.29, 0.717) is 35.2 Å². The number of nitrogen functional groups attached to an aromatic ring is 1. The van der Waals surface area contributed by atoms with E-state index in [4.69, 9.17) is 26.8 Å². The number of aromatic nitrogens is 2. The summed E-state index contributed by atoms with van der Waals surface area (Å²) in [5, 5.41) is 1.29. The lowest BCUT2D eigenvalue weighted by molar-refractivity contribution is -0.159. The minimum Gasteiger partial charge on any atom is -0.483 e. The third kappa shape index (κ3) is 5.31. The van der Waals surface area contributed by atoms with Gasteiger partial charge in [-0.1, -0.05) is 23.7 Å². The summed E-state index contributed by atoms with van der Waals surface area (Å²) in [6.45, 7) is 4.42. The van der Waals surface area contributed by atoms with Crippen LogP contribution in [0.4, 0.5) is 5.82 Å². The number of nitrogens with two attached hydrogens (primary N) is 1. The van der Waals surface area contributed by atoms with Crippen molar-refractivity contribution in [2.45, 2.75) is 32.5 Å². The van der Waals surface area contributed by atoms with Crippen LogP contribution in [0.2, 0.25) is 5.02 Å². The van der Waals surface area contributed by atoms with Gasteiger partial charge in [0.2, 0.25) is 5.91 Å². The number of hydrogen-bond acceptors (Lipinski definition) is 7. The summed E-state index contributed by atoms with van der Waals surface area (Å²) < 4.78 is 11.0. The number of ether oxygens (including phenoxy) is 2. The quantitative estimate of drug-likeness (QED) is 0.534. The molecule has 3 aromatic rings. The van der Waals surface area contributed by atoms with E-state index >= 15 is 0 Å². The van der Waals surface area contributed by atoms with Crippen LogP contribution >= 0.6 is 11.6 Å². The molecular formula is C25H28ClN5O4. The van der Waals surface area contributed by atoms with Crippen molar-refractivity contribution >= 4 is 40.1 Å². The highest BCUT2D eigenvalue weighted by Crippen LogP contribution is 2.25. The summed E-state index contributed by atoms with van der Waals surface area (Å²) >= 11 is 6.05. The van der Waals surface area contributed by atoms with Crippen LogP contribution in [0.25, 0.3) is 10.9 Å². The molecule has 4 rings (SSSR count). The number of methoxy groups -OCH3 is 1. The van der Waals surface area contributed by atoms with Gasteiger partial charge in [-0.25, -0.2) is 9.97 Å². The topological polar surface area (TPSA) is 111 Å². The van der Waals surface area contributed by atoms with Gasteiger partial charge in [0.05, 0.1) is 12.1 Å². The number of benzene rings is 2. The first kappa shape index (κ1) is 24.7. The molecule has 2 atom stereocenters. The zero-order valence-corrected chi connectivity index (χ0v) is 20.7. The van der Waals surface area contributed by atoms with E-state index in [1.807, 2.05) is 38.1 Å². The van der Waals surface area contributed by atoms with Crippen LogP contribution in [0.3, 0.4) is 0 Å². The highest BCUT2D eigenvalue weighted by Gasteiger charge is 2.41. The lowest BCUT2D eigenvalue weighted by atomic mass is 10.0. The van der Waals surface area contributed by atoms with Crippen molar-refractivity contribution in [3.63, 3.8) is 0 Å². The molecule has 2 aromatic carbocycles. The average Bonchev–Trinajstić information content (AvgIpc) is 2.84. The Balaban J connectivity index is 1.49. The number of fused-ring (bicyclic) bond motifs is 1. The van der Waals surface area contributed by atoms with Gasteiger partial charge in [-0.15, -0.1) is 0 Å². The molecule has 1 saturated heterocycles. The van der Waals surface area contributed by atoms with Crippen molar-refractivity contribution in [3.05, 3.63) is 58.9 Å². The summed E-state index contributed by atoms with van der Waals surface area (Å²) in [7, 11) is 1.51. The van der Waals surface area contributed by atoms with Crippen molar-refractivity contribution < 1.29 is 19.1 Å². The molecule has 9 nitrogen and oxygen atoms in total. The number of carbonyl (C=O) groups is 2. The number of aryl methyl sites for hydroxylation is 1. The number of nitrogens with zero attached hydrogens (tertiary/aromatic N) is 4. The molecule has 0 bridgehead atoms. The summed E-state index contributed by atoms with van der Waals surface area (Å²) in [4.78, 5) is 38.2. The standard InChI is InChI=1S/C25H28ClN5O4/c1-15-4-6-18(26)9-22(15)35-13-23(32)31-10-16(2)30(25(33)21(31)12-34-3)11-17-5-7-19-20(8-17)28-14-29-24(19)27/h4-9,14,16,21H,10-13H2,1-3H3,(H2,27,28,29). The lowest BCUT2D eigenvalue weighted by Gasteiger charge is -2.44. The molecule has 2 amide bonds. The van der Waals surface area contributed by atoms with Crippen LogP contribution in [-0.4, -0.2) is 70.5 Å². The largest absolute Gasteiger partial charge is 0.483 e. The summed E-state index contributed by atoms with van der Waals surface area (Å²) in [6, 6.07) is 9.97. The molecule has 2 N–H and O–H groups in total. The zero-order valence-electron chi connectivity index (χ0n) is 19.9. The third-order valence-electron chi connectivity index (χ3n) is 6.17. The van der Waals surface area contributed by atoms with Gasteiger partial charge < -0.3 is 25.0 Å². The SMILES string of the molecule is COCC1C(=O)N(Cc2ccc3c(N)ncnc3c2)C(C)CN1C(=O)COc1cc(Cl)ccc1C. The maximum atomic E-state index is 13.5. The van der Waals surface area contributed by atoms with Crippen LogP contribution in [0.15, 0.2) is 42.7 Å². The van der Waals surface area contributed by atoms with Gasteiger partial charge in [0, 0.05) is 36.7 Å². The van der Waals surface area contributed by atoms with Crippen LogP contribution in [-0.2, 0) is 20.9 Å². The first-order valence-electron chi connectivity index (χ1n) is 11.3. The van der Waals surface area contributed by atoms with Crippen LogP contribution in [0, 0.1) is 6.92 Å². The Labute approximate surface area is 208 Å². The monoisotopic (exact) mass is 497 g/mol. The second-order valence-electron chi connectivity index (χ2n) is 8.64. The number of halogens is 1. The number of rotatable bonds is 7. The summed E-state index contributed by atoms with van der Waals surface area (Å²) in [6.07, 6.45) is 1.42. The Morgan fingerprint density at radius 3 is 2.80 bits per heavy atom. The highest BCUT2D eigenvalue weighted by molar-refractivity contribution is 6.30. The van der Waals surface area contributed by atoms with Crippen molar-refractivity contribution in [3.8, 4) is 5.75 Å². The molecule has 1 aromatic heterocycles. The molecule has 35 heavy (non-hydrogen) atoms. The van der Waals surface area contributed by atoms with E-state index in [-0.39, 0.29) is 31.1 Å². The molecule has 2 unspecified atom stereocenters. The Bertz CT molecular complexity index is 1250. The average molecular weight is 498 g/mol. The number of amides is 2. The smallest absolute Gasteiger partial charge is 0.261 e. The van der Waals surface area contributed by atoms with E-state index in [0.717, 1.165) is 16.5 Å². The number of hydrogen-bond donors (Lipinski definition) is 1. The van der Waals surface area contributed by atoms with Crippen LogP contribution < -0.4 is 10.5 Å². The molecule has 0 aliphatic carbocycles. The third-order valence-corrected chi connectivity index (χ3v) is 6.40. The van der Waals surface area contributed by atoms with Crippen molar-refractivity contribution in [1.82, 2.24) is 19.8 Å². The molecule has 0 spiro atoms. The molecule has 1 fully saturated rings. The molecule has 2 heterocycles. The number of carbonyl (C=O) groups excluding carboxylic acids is 2. The predicted octanol–water partition coefficient (Wildman–Crippen LogP) is 2.83. The Hall–Kier alpha value is -3.43. The minimum atomic E-state index is -0.744. The van der Waals surface area contributed by atoms with Gasteiger partial charge in [0.25, 0.3) is 5.91 Å². The van der Waals surface area contributed by atoms with E-state index in [9.17, 15) is 9.59 Å². The van der Waals surface area contributed by atoms with Gasteiger partial charge in [0.1, 0.15) is 23.9 Å². The second-order valence-corrected chi connectivity index (χ2v) is 9.08. The molecule has 0 radical (unpaired) electrons. The van der Waals surface area contributed by atoms with Crippen LogP contribution in [0.1, 0.15) is 18.1 Å². The second kappa shape index (κ2) is 10.5. The number of anilines is 1. The molecule has 1 aliphatic heterocycles. The van der Waals surface area contributed by atoms with E-state index in [2.05, 4.69) is 9.97 Å². The fraction of sp³-hybridized carbons (Fsp3) is 0.360. The first-order chi connectivity index (χ1) is 16.8. The fourth-order valence-electron chi connectivity index (χ4n) is 4.25. The zero-order chi connectivity index (χ0) is 25.1. The number of piperazine rings is 1. The van der Waals surface area contributed by atoms with E-state index in [1.165, 1.54) is 13.4 Å². The van der Waals surface area contributed by atoms with E-state index in [1.54, 1.807) is 21.9 Å². The van der Waals surface area contributed by atoms with Crippen molar-refractivity contribution in [2.75, 3.05) is 32.6 Å². The Morgan fingerprint density at radius 1 is 1.23 bits per heavy atom. The molecule has 184 valence electrons. The summed E-state index contributed by atoms with van der Waals surface area (Å²) in [5.41, 5.74) is 8.41. The Kier molecular flexibility index (Phi) is 7.37. The van der Waals surface area contributed by atoms with Gasteiger partial charge in [-0.3, -0.25) is 9.59 Å². The first-order valence-corrected chi connectivity index (χ1v) is 11.6. The van der Waals surface area contributed by atoms with E-state index < -0.39 is 6.04 Å². The Morgan fingerprint density at radius 2 is 2.03 bits per heavy atom. The highest BCUT2D eigenvalue weighted by atomic mass is 35.5. The van der Waals surface area contributed by atoms with Gasteiger partial charge in [0.15, 0.2) is 6.61 Å². The maximum absolute atomic E-state index is 13.5. The molecule has 10 heteroatoms. The van der Waals surface area contributed by atoms with Crippen LogP contribution in [0.5, 0.6) is 5.75 Å². The van der Waals surface area contributed by atoms with Crippen molar-refractivity contribution in [2.24, 2.45) is 0 Å². The minimum absolute atomic E-state index is 0.0888. The summed E-state index contributed by atoms with van der Waals surface area (Å²) in [5.74, 6) is 0.478. The predicted molar refractivity (Wildman–Crippen MR) is 133 cm³/mol. The lowest BCUT2D eigenvalue weighted by Crippen LogP contribution is -2.63. The van der Waals surface area contributed by atoms with Crippen molar-refractivity contribution in [1.29, 1.82) is 0 Å². The molecule has 1 aliphatic rings.